The Kier molecular flexibility index (Phi) is 2.67. The van der Waals surface area contributed by atoms with E-state index < -0.39 is 11.1 Å². The standard InChI is InChI=1S/C8H3AsCl2N2O2/c9-4-2(10)1-3-6(5(4)11)13-8(15)7(14)12-3/h1H,(H,12,14)(H,13,15). The first kappa shape index (κ1) is 10.8. The summed E-state index contributed by atoms with van der Waals surface area (Å²) in [5, 5.41) is 0.723. The minimum absolute atomic E-state index is 0.311. The molecule has 7 heteroatoms. The molecule has 0 saturated heterocycles. The Bertz CT molecular complexity index is 662. The van der Waals surface area contributed by atoms with Crippen molar-refractivity contribution in [3.8, 4) is 0 Å². The van der Waals surface area contributed by atoms with Gasteiger partial charge in [0.2, 0.25) is 0 Å². The molecule has 76 valence electrons. The first-order valence-electron chi connectivity index (χ1n) is 3.84. The molecule has 15 heavy (non-hydrogen) atoms. The quantitative estimate of drug-likeness (QED) is 0.544. The van der Waals surface area contributed by atoms with Crippen molar-refractivity contribution in [2.24, 2.45) is 0 Å². The van der Waals surface area contributed by atoms with Gasteiger partial charge in [0, 0.05) is 0 Å². The summed E-state index contributed by atoms with van der Waals surface area (Å²) in [5.41, 5.74) is -0.683. The van der Waals surface area contributed by atoms with Gasteiger partial charge < -0.3 is 0 Å². The second kappa shape index (κ2) is 3.71. The summed E-state index contributed by atoms with van der Waals surface area (Å²) in [7, 11) is 0. The second-order valence-corrected chi connectivity index (χ2v) is 4.58. The van der Waals surface area contributed by atoms with Crippen LogP contribution in [0, 0.1) is 0 Å². The Labute approximate surface area is 102 Å². The van der Waals surface area contributed by atoms with Gasteiger partial charge in [0.05, 0.1) is 0 Å². The van der Waals surface area contributed by atoms with Crippen LogP contribution in [0.4, 0.5) is 0 Å². The van der Waals surface area contributed by atoms with Crippen molar-refractivity contribution in [3.05, 3.63) is 36.8 Å². The molecule has 0 spiro atoms. The number of nitrogens with one attached hydrogen (secondary N) is 2. The van der Waals surface area contributed by atoms with Crippen molar-refractivity contribution in [2.45, 2.75) is 0 Å². The Hall–Kier alpha value is -0.702. The molecule has 1 aromatic carbocycles. The minimum atomic E-state index is -0.737. The van der Waals surface area contributed by atoms with Crippen LogP contribution in [0.1, 0.15) is 0 Å². The Balaban J connectivity index is 3.06. The van der Waals surface area contributed by atoms with Gasteiger partial charge in [-0.3, -0.25) is 0 Å². The summed E-state index contributed by atoms with van der Waals surface area (Å²) >= 11 is 14.0. The zero-order chi connectivity index (χ0) is 11.2. The summed E-state index contributed by atoms with van der Waals surface area (Å²) in [5.74, 6) is 0. The summed E-state index contributed by atoms with van der Waals surface area (Å²) in [6.45, 7) is 0. The molecule has 0 aliphatic carbocycles. The Morgan fingerprint density at radius 2 is 1.73 bits per heavy atom. The van der Waals surface area contributed by atoms with Crippen LogP contribution in [0.2, 0.25) is 10.0 Å². The molecule has 0 bridgehead atoms. The molecular formula is C8H3AsCl2N2O2. The maximum atomic E-state index is 11.1. The molecular weight excluding hydrogens is 302 g/mol. The average Bonchev–Trinajstić information content (AvgIpc) is 2.19. The van der Waals surface area contributed by atoms with Gasteiger partial charge >= 0.3 is 102 Å². The van der Waals surface area contributed by atoms with E-state index in [1.165, 1.54) is 6.07 Å². The fourth-order valence-corrected chi connectivity index (χ4v) is 2.05. The van der Waals surface area contributed by atoms with E-state index in [9.17, 15) is 9.59 Å². The van der Waals surface area contributed by atoms with Gasteiger partial charge in [0.1, 0.15) is 0 Å². The van der Waals surface area contributed by atoms with Gasteiger partial charge in [-0.15, -0.1) is 0 Å². The maximum absolute atomic E-state index is 11.1. The SMILES string of the molecule is O=c1[nH]c2cc(Cl)c([As])c(Cl)c2[nH]c1=O. The van der Waals surface area contributed by atoms with E-state index in [0.717, 1.165) is 0 Å². The third-order valence-electron chi connectivity index (χ3n) is 1.89. The van der Waals surface area contributed by atoms with Crippen LogP contribution in [-0.2, 0) is 0 Å². The number of fused-ring (bicyclic) bond motifs is 1. The molecule has 0 unspecified atom stereocenters. The van der Waals surface area contributed by atoms with Gasteiger partial charge in [-0.05, 0) is 0 Å². The van der Waals surface area contributed by atoms with Crippen LogP contribution >= 0.6 is 23.2 Å². The van der Waals surface area contributed by atoms with Crippen molar-refractivity contribution in [1.82, 2.24) is 9.97 Å². The van der Waals surface area contributed by atoms with Crippen LogP contribution in [0.5, 0.6) is 0 Å². The van der Waals surface area contributed by atoms with E-state index in [0.29, 0.717) is 25.4 Å². The van der Waals surface area contributed by atoms with Crippen LogP contribution in [-0.4, -0.2) is 26.8 Å². The predicted octanol–water partition coefficient (Wildman–Crippen LogP) is 0.317. The summed E-state index contributed by atoms with van der Waals surface area (Å²) in [6.07, 6.45) is 0. The zero-order valence-corrected chi connectivity index (χ0v) is 10.5. The van der Waals surface area contributed by atoms with E-state index in [4.69, 9.17) is 23.2 Å². The second-order valence-electron chi connectivity index (χ2n) is 2.85. The van der Waals surface area contributed by atoms with Gasteiger partial charge in [0.15, 0.2) is 0 Å². The van der Waals surface area contributed by atoms with E-state index in [1.807, 2.05) is 0 Å². The first-order chi connectivity index (χ1) is 7.00. The Morgan fingerprint density at radius 1 is 1.13 bits per heavy atom. The molecule has 4 nitrogen and oxygen atoms in total. The number of halogens is 2. The normalized spacial score (nSPS) is 10.9. The third-order valence-corrected chi connectivity index (χ3v) is 4.11. The van der Waals surface area contributed by atoms with Crippen molar-refractivity contribution >= 4 is 55.4 Å². The predicted molar refractivity (Wildman–Crippen MR) is 60.6 cm³/mol. The molecule has 0 aliphatic heterocycles. The zero-order valence-electron chi connectivity index (χ0n) is 7.10. The number of H-pyrrole nitrogens is 2. The van der Waals surface area contributed by atoms with Crippen molar-refractivity contribution in [1.29, 1.82) is 0 Å². The topological polar surface area (TPSA) is 65.7 Å². The first-order valence-corrected chi connectivity index (χ1v) is 5.53. The van der Waals surface area contributed by atoms with Gasteiger partial charge in [-0.25, -0.2) is 0 Å². The van der Waals surface area contributed by atoms with Crippen LogP contribution in [0.3, 0.4) is 0 Å². The fourth-order valence-electron chi connectivity index (χ4n) is 1.18. The van der Waals surface area contributed by atoms with Crippen LogP contribution < -0.4 is 15.5 Å². The van der Waals surface area contributed by atoms with Crippen LogP contribution in [0.15, 0.2) is 15.7 Å². The number of hydrogen-bond donors (Lipinski definition) is 2. The number of benzene rings is 1. The number of rotatable bonds is 0. The molecule has 2 rings (SSSR count). The van der Waals surface area contributed by atoms with E-state index in [1.54, 1.807) is 0 Å². The molecule has 2 N–H and O–H groups in total. The fraction of sp³-hybridized carbons (Fsp3) is 0. The average molecular weight is 305 g/mol. The molecule has 0 saturated carbocycles. The molecule has 0 aliphatic rings. The van der Waals surface area contributed by atoms with E-state index in [2.05, 4.69) is 26.8 Å². The number of aromatic nitrogens is 2. The molecule has 0 amide bonds. The number of hydrogen-bond acceptors (Lipinski definition) is 2. The molecule has 0 fully saturated rings. The molecule has 2 aromatic rings. The summed E-state index contributed by atoms with van der Waals surface area (Å²) < 4.78 is 0.598. The van der Waals surface area contributed by atoms with Gasteiger partial charge in [-0.2, -0.15) is 0 Å². The summed E-state index contributed by atoms with van der Waals surface area (Å²) in [6, 6.07) is 1.54. The third kappa shape index (κ3) is 1.73. The molecule has 0 atom stereocenters. The monoisotopic (exact) mass is 304 g/mol. The number of aromatic amines is 2. The van der Waals surface area contributed by atoms with Crippen molar-refractivity contribution in [3.63, 3.8) is 0 Å². The Morgan fingerprint density at radius 3 is 2.40 bits per heavy atom. The van der Waals surface area contributed by atoms with Crippen molar-refractivity contribution < 1.29 is 0 Å². The van der Waals surface area contributed by atoms with Crippen molar-refractivity contribution in [2.75, 3.05) is 0 Å². The molecule has 2 radical (unpaired) electrons. The van der Waals surface area contributed by atoms with Gasteiger partial charge in [0.25, 0.3) is 0 Å². The molecule has 1 aromatic heterocycles. The summed E-state index contributed by atoms with van der Waals surface area (Å²) in [4.78, 5) is 26.9. The molecule has 1 heterocycles. The van der Waals surface area contributed by atoms with Gasteiger partial charge in [-0.1, -0.05) is 0 Å². The van der Waals surface area contributed by atoms with E-state index >= 15 is 0 Å². The van der Waals surface area contributed by atoms with Crippen LogP contribution in [0.25, 0.3) is 11.0 Å². The van der Waals surface area contributed by atoms with E-state index in [-0.39, 0.29) is 0 Å².